The Morgan fingerprint density at radius 1 is 1.08 bits per heavy atom. The largest absolute Gasteiger partial charge is 0.462 e. The Kier molecular flexibility index (Phi) is 12.7. The molecule has 0 radical (unpaired) electrons. The first-order chi connectivity index (χ1) is 24.4. The molecule has 53 heavy (non-hydrogen) atoms. The summed E-state index contributed by atoms with van der Waals surface area (Å²) in [5.41, 5.74) is -2.53. The van der Waals surface area contributed by atoms with Gasteiger partial charge in [-0.3, -0.25) is 13.9 Å². The van der Waals surface area contributed by atoms with Gasteiger partial charge in [0.05, 0.1) is 19.0 Å². The van der Waals surface area contributed by atoms with Gasteiger partial charge in [-0.1, -0.05) is 41.4 Å². The summed E-state index contributed by atoms with van der Waals surface area (Å²) in [5.74, 6) is -1.29. The minimum Gasteiger partial charge on any atom is -0.462 e. The second kappa shape index (κ2) is 16.0. The quantitative estimate of drug-likeness (QED) is 0.0703. The number of carbonyl (C=O) groups is 3. The van der Waals surface area contributed by atoms with Crippen molar-refractivity contribution in [2.75, 3.05) is 11.5 Å². The number of esters is 1. The molecule has 292 valence electrons. The first kappa shape index (κ1) is 42.1. The predicted molar refractivity (Wildman–Crippen MR) is 189 cm³/mol. The fourth-order valence-corrected chi connectivity index (χ4v) is 6.62. The molecule has 1 aliphatic heterocycles. The lowest BCUT2D eigenvalue weighted by molar-refractivity contribution is -0.149. The first-order valence-corrected chi connectivity index (χ1v) is 18.6. The van der Waals surface area contributed by atoms with E-state index in [1.165, 1.54) is 19.1 Å². The molecule has 21 heteroatoms. The Labute approximate surface area is 314 Å². The number of aromatic nitrogens is 4. The molecule has 6 atom stereocenters. The van der Waals surface area contributed by atoms with E-state index in [0.717, 1.165) is 10.9 Å². The lowest BCUT2D eigenvalue weighted by atomic mass is 10.1. The van der Waals surface area contributed by atoms with Gasteiger partial charge in [0.2, 0.25) is 5.95 Å². The third-order valence-electron chi connectivity index (χ3n) is 6.79. The predicted octanol–water partition coefficient (Wildman–Crippen LogP) is 6.45. The fraction of sp³-hybridized carbons (Fsp3) is 0.562. The van der Waals surface area contributed by atoms with Gasteiger partial charge in [0.1, 0.15) is 40.7 Å². The SMILES string of the molecule is CC(C)OC(=O)[C@H](C)NP(=O)(OC[C@H]1O[C@@H](n2cnc3c(Cl)nc(N(C(=O)OC(C)(C)C)C(=O)OC(C)(C)C)nc32)[C@@](F)(Cl)[C@@H]1O)Oc1ccccc1. The van der Waals surface area contributed by atoms with Gasteiger partial charge in [0.15, 0.2) is 17.0 Å². The number of nitrogens with one attached hydrogen (secondary N) is 1. The number of hydrogen-bond acceptors (Lipinski definition) is 14. The van der Waals surface area contributed by atoms with E-state index in [1.807, 2.05) is 0 Å². The number of rotatable bonds is 11. The molecule has 2 aromatic heterocycles. The lowest BCUT2D eigenvalue weighted by Gasteiger charge is -2.27. The second-order valence-electron chi connectivity index (χ2n) is 14.1. The van der Waals surface area contributed by atoms with E-state index in [-0.39, 0.29) is 22.1 Å². The number of alkyl halides is 2. The molecule has 3 heterocycles. The van der Waals surface area contributed by atoms with E-state index in [4.69, 9.17) is 51.2 Å². The van der Waals surface area contributed by atoms with Gasteiger partial charge in [-0.2, -0.15) is 15.1 Å². The van der Waals surface area contributed by atoms with Crippen LogP contribution in [0.25, 0.3) is 11.2 Å². The molecule has 0 aliphatic carbocycles. The average molecular weight is 808 g/mol. The van der Waals surface area contributed by atoms with Crippen molar-refractivity contribution in [1.29, 1.82) is 0 Å². The van der Waals surface area contributed by atoms with E-state index in [0.29, 0.717) is 4.90 Å². The van der Waals surface area contributed by atoms with Crippen LogP contribution < -0.4 is 14.5 Å². The van der Waals surface area contributed by atoms with E-state index in [2.05, 4.69) is 20.0 Å². The standard InChI is InChI=1S/C32H42Cl2FN6O11P/c1-17(2)48-25(43)18(3)39-53(46,52-19-13-11-10-12-14-19)47-15-20-22(42)32(34,35)26(49-20)40-16-36-21-23(33)37-27(38-24(21)40)41(28(44)50-30(4,5)6)29(45)51-31(7,8)9/h10-14,16-18,20,22,26,42H,15H2,1-9H3,(H,39,46)/t18-,20+,22+,26+,32+,53?/m0/s1. The van der Waals surface area contributed by atoms with Crippen LogP contribution in [0, 0.1) is 0 Å². The van der Waals surface area contributed by atoms with Gasteiger partial charge in [-0.05, 0) is 74.4 Å². The molecule has 2 amide bonds. The average Bonchev–Trinajstić information content (AvgIpc) is 3.52. The Hall–Kier alpha value is -3.64. The zero-order chi connectivity index (χ0) is 39.7. The number of carbonyl (C=O) groups excluding carboxylic acids is 3. The van der Waals surface area contributed by atoms with E-state index < -0.39 is 85.4 Å². The summed E-state index contributed by atoms with van der Waals surface area (Å²) in [6.45, 7) is 13.3. The number of ether oxygens (including phenoxy) is 4. The van der Waals surface area contributed by atoms with Gasteiger partial charge < -0.3 is 28.6 Å². The number of anilines is 1. The Morgan fingerprint density at radius 2 is 1.66 bits per heavy atom. The highest BCUT2D eigenvalue weighted by atomic mass is 35.5. The van der Waals surface area contributed by atoms with Gasteiger partial charge in [0.25, 0.3) is 5.13 Å². The molecular formula is C32H42Cl2FN6O11P. The number of hydrogen-bond donors (Lipinski definition) is 2. The number of aliphatic hydroxyl groups is 1. The minimum absolute atomic E-state index is 0.0970. The maximum atomic E-state index is 16.3. The molecule has 3 aromatic rings. The Bertz CT molecular complexity index is 1830. The number of fused-ring (bicyclic) bond motifs is 1. The summed E-state index contributed by atoms with van der Waals surface area (Å²) in [4.78, 5) is 51.8. The van der Waals surface area contributed by atoms with Crippen LogP contribution >= 0.6 is 30.9 Å². The zero-order valence-electron chi connectivity index (χ0n) is 30.4. The van der Waals surface area contributed by atoms with Crippen molar-refractivity contribution in [2.24, 2.45) is 0 Å². The third-order valence-corrected chi connectivity index (χ3v) is 9.10. The molecule has 1 saturated heterocycles. The van der Waals surface area contributed by atoms with Gasteiger partial charge >= 0.3 is 25.9 Å². The van der Waals surface area contributed by atoms with Crippen LogP contribution in [0.4, 0.5) is 19.9 Å². The molecule has 4 rings (SSSR count). The number of para-hydroxylation sites is 1. The highest BCUT2D eigenvalue weighted by molar-refractivity contribution is 7.52. The fourth-order valence-electron chi connectivity index (χ4n) is 4.61. The normalized spacial score (nSPS) is 22.3. The van der Waals surface area contributed by atoms with Crippen LogP contribution in [0.15, 0.2) is 36.7 Å². The minimum atomic E-state index is -4.47. The highest BCUT2D eigenvalue weighted by Crippen LogP contribution is 2.49. The lowest BCUT2D eigenvalue weighted by Crippen LogP contribution is -2.44. The number of imide groups is 1. The Balaban J connectivity index is 1.67. The van der Waals surface area contributed by atoms with Crippen molar-refractivity contribution < 1.29 is 56.4 Å². The number of nitrogens with zero attached hydrogens (tertiary/aromatic N) is 5. The molecule has 2 N–H and O–H groups in total. The molecule has 17 nitrogen and oxygen atoms in total. The van der Waals surface area contributed by atoms with Crippen molar-refractivity contribution in [3.8, 4) is 5.75 Å². The maximum Gasteiger partial charge on any atom is 0.459 e. The van der Waals surface area contributed by atoms with E-state index in [1.54, 1.807) is 73.6 Å². The molecule has 0 spiro atoms. The van der Waals surface area contributed by atoms with E-state index >= 15 is 4.39 Å². The molecule has 1 fully saturated rings. The van der Waals surface area contributed by atoms with Crippen LogP contribution in [0.2, 0.25) is 5.15 Å². The summed E-state index contributed by atoms with van der Waals surface area (Å²) in [5, 5.41) is 10.0. The molecule has 0 bridgehead atoms. The van der Waals surface area contributed by atoms with Crippen molar-refractivity contribution in [1.82, 2.24) is 24.6 Å². The molecule has 0 saturated carbocycles. The van der Waals surface area contributed by atoms with Gasteiger partial charge in [0, 0.05) is 0 Å². The molecule has 1 unspecified atom stereocenters. The van der Waals surface area contributed by atoms with Crippen molar-refractivity contribution in [2.45, 2.75) is 109 Å². The van der Waals surface area contributed by atoms with Crippen molar-refractivity contribution in [3.63, 3.8) is 0 Å². The number of halogens is 3. The van der Waals surface area contributed by atoms with Gasteiger partial charge in [-0.25, -0.2) is 23.5 Å². The number of amides is 2. The summed E-state index contributed by atoms with van der Waals surface area (Å²) in [6.07, 6.45) is -7.51. The Morgan fingerprint density at radius 3 is 2.21 bits per heavy atom. The summed E-state index contributed by atoms with van der Waals surface area (Å²) in [7, 11) is -4.47. The smallest absolute Gasteiger partial charge is 0.459 e. The van der Waals surface area contributed by atoms with Gasteiger partial charge in [-0.15, -0.1) is 4.90 Å². The van der Waals surface area contributed by atoms with Crippen molar-refractivity contribution in [3.05, 3.63) is 41.8 Å². The monoisotopic (exact) mass is 806 g/mol. The van der Waals surface area contributed by atoms with Crippen LogP contribution in [0.1, 0.15) is 68.5 Å². The number of aliphatic hydroxyl groups excluding tert-OH is 1. The topological polar surface area (TPSA) is 203 Å². The molecule has 1 aliphatic rings. The van der Waals surface area contributed by atoms with Crippen LogP contribution in [-0.4, -0.2) is 90.1 Å². The third kappa shape index (κ3) is 10.5. The summed E-state index contributed by atoms with van der Waals surface area (Å²) < 4.78 is 64.1. The molecular weight excluding hydrogens is 765 g/mol. The van der Waals surface area contributed by atoms with Crippen LogP contribution in [0.5, 0.6) is 5.75 Å². The zero-order valence-corrected chi connectivity index (χ0v) is 32.8. The number of benzene rings is 1. The highest BCUT2D eigenvalue weighted by Gasteiger charge is 2.58. The van der Waals surface area contributed by atoms with Crippen molar-refractivity contribution >= 4 is 66.2 Å². The summed E-state index contributed by atoms with van der Waals surface area (Å²) >= 11 is 12.7. The second-order valence-corrected chi connectivity index (χ2v) is 16.7. The van der Waals surface area contributed by atoms with E-state index in [9.17, 15) is 24.1 Å². The summed E-state index contributed by atoms with van der Waals surface area (Å²) in [6, 6.07) is 6.66. The number of imidazole rings is 1. The maximum absolute atomic E-state index is 16.3. The van der Waals surface area contributed by atoms with Crippen LogP contribution in [-0.2, 0) is 32.8 Å². The molecule has 1 aromatic carbocycles. The first-order valence-electron chi connectivity index (χ1n) is 16.3. The van der Waals surface area contributed by atoms with Crippen LogP contribution in [0.3, 0.4) is 0 Å².